The van der Waals surface area contributed by atoms with Crippen molar-refractivity contribution in [1.82, 2.24) is 25.3 Å². The summed E-state index contributed by atoms with van der Waals surface area (Å²) in [5, 5.41) is 3.00. The number of aromatic nitrogens is 4. The van der Waals surface area contributed by atoms with E-state index in [0.717, 1.165) is 25.1 Å². The topological polar surface area (TPSA) is 93.1 Å². The predicted molar refractivity (Wildman–Crippen MR) is 97.1 cm³/mol. The molecule has 1 N–H and O–H groups in total. The zero-order chi connectivity index (χ0) is 19.3. The number of rotatable bonds is 4. The molecule has 2 bridgehead atoms. The van der Waals surface area contributed by atoms with Crippen molar-refractivity contribution in [2.45, 2.75) is 31.5 Å². The number of hydrogen-bond acceptors (Lipinski definition) is 7. The molecule has 28 heavy (non-hydrogen) atoms. The monoisotopic (exact) mass is 384 g/mol. The summed E-state index contributed by atoms with van der Waals surface area (Å²) in [7, 11) is 0. The van der Waals surface area contributed by atoms with Crippen LogP contribution in [0, 0.1) is 24.6 Å². The van der Waals surface area contributed by atoms with Gasteiger partial charge in [-0.25, -0.2) is 19.3 Å². The maximum Gasteiger partial charge on any atom is 0.271 e. The van der Waals surface area contributed by atoms with Crippen LogP contribution in [0.3, 0.4) is 0 Å². The van der Waals surface area contributed by atoms with Gasteiger partial charge in [-0.05, 0) is 19.8 Å². The Bertz CT molecular complexity index is 892. The molecule has 0 aliphatic carbocycles. The number of nitrogens with one attached hydrogen (secondary N) is 1. The van der Waals surface area contributed by atoms with E-state index in [1.165, 1.54) is 18.6 Å². The van der Waals surface area contributed by atoms with E-state index < -0.39 is 5.82 Å². The molecule has 3 aliphatic rings. The Kier molecular flexibility index (Phi) is 4.01. The quantitative estimate of drug-likeness (QED) is 0.845. The Morgan fingerprint density at radius 3 is 2.86 bits per heavy atom. The Labute approximate surface area is 161 Å². The standard InChI is InChI=1S/C19H21FN6O2/c1-11-4-22-15(8-21-11)17(27)23-7-13-14-9-26(18-24-5-12(20)6-25-18)10-19(14)3-2-16(13)28-19/h4-6,8,13-14,16H,2-3,7,9-10H2,1H3,(H,23,27)/t13-,14+,16+,19+/m0/s1. The summed E-state index contributed by atoms with van der Waals surface area (Å²) in [5.41, 5.74) is 0.868. The summed E-state index contributed by atoms with van der Waals surface area (Å²) in [5.74, 6) is 0.361. The third-order valence-corrected chi connectivity index (χ3v) is 6.19. The molecule has 0 unspecified atom stereocenters. The van der Waals surface area contributed by atoms with Crippen molar-refractivity contribution in [2.24, 2.45) is 11.8 Å². The summed E-state index contributed by atoms with van der Waals surface area (Å²) in [6, 6.07) is 0. The van der Waals surface area contributed by atoms with Crippen LogP contribution in [0.1, 0.15) is 29.0 Å². The number of fused-ring (bicyclic) bond motifs is 1. The Morgan fingerprint density at radius 2 is 2.11 bits per heavy atom. The zero-order valence-electron chi connectivity index (χ0n) is 15.5. The van der Waals surface area contributed by atoms with Crippen molar-refractivity contribution < 1.29 is 13.9 Å². The third-order valence-electron chi connectivity index (χ3n) is 6.19. The molecule has 3 fully saturated rings. The number of aryl methyl sites for hydroxylation is 1. The predicted octanol–water partition coefficient (Wildman–Crippen LogP) is 1.13. The van der Waals surface area contributed by atoms with Crippen LogP contribution in [-0.4, -0.2) is 57.2 Å². The highest BCUT2D eigenvalue weighted by Gasteiger charge is 2.63. The molecule has 8 nitrogen and oxygen atoms in total. The minimum Gasteiger partial charge on any atom is -0.369 e. The van der Waals surface area contributed by atoms with E-state index in [2.05, 4.69) is 30.2 Å². The van der Waals surface area contributed by atoms with E-state index >= 15 is 0 Å². The fraction of sp³-hybridized carbons (Fsp3) is 0.526. The van der Waals surface area contributed by atoms with Crippen LogP contribution in [0.15, 0.2) is 24.8 Å². The highest BCUT2D eigenvalue weighted by Crippen LogP contribution is 2.54. The smallest absolute Gasteiger partial charge is 0.271 e. The van der Waals surface area contributed by atoms with Gasteiger partial charge in [0.05, 0.1) is 42.5 Å². The fourth-order valence-corrected chi connectivity index (χ4v) is 4.90. The molecule has 0 aromatic carbocycles. The first-order valence-corrected chi connectivity index (χ1v) is 9.51. The lowest BCUT2D eigenvalue weighted by Crippen LogP contribution is -2.42. The second-order valence-corrected chi connectivity index (χ2v) is 7.86. The molecule has 1 spiro atoms. The van der Waals surface area contributed by atoms with Gasteiger partial charge < -0.3 is 15.0 Å². The largest absolute Gasteiger partial charge is 0.369 e. The second-order valence-electron chi connectivity index (χ2n) is 7.86. The van der Waals surface area contributed by atoms with Gasteiger partial charge in [0, 0.05) is 31.1 Å². The first-order chi connectivity index (χ1) is 13.5. The number of hydrogen-bond donors (Lipinski definition) is 1. The van der Waals surface area contributed by atoms with E-state index in [4.69, 9.17) is 4.74 Å². The third kappa shape index (κ3) is 2.81. The molecule has 9 heteroatoms. The maximum absolute atomic E-state index is 13.1. The summed E-state index contributed by atoms with van der Waals surface area (Å²) in [6.07, 6.45) is 7.59. The van der Waals surface area contributed by atoms with E-state index in [9.17, 15) is 9.18 Å². The lowest BCUT2D eigenvalue weighted by Gasteiger charge is -2.29. The van der Waals surface area contributed by atoms with Crippen molar-refractivity contribution in [2.75, 3.05) is 24.5 Å². The molecule has 5 heterocycles. The molecule has 3 saturated heterocycles. The first-order valence-electron chi connectivity index (χ1n) is 9.51. The fourth-order valence-electron chi connectivity index (χ4n) is 4.90. The van der Waals surface area contributed by atoms with Crippen molar-refractivity contribution in [3.05, 3.63) is 42.0 Å². The molecule has 0 saturated carbocycles. The van der Waals surface area contributed by atoms with Crippen LogP contribution in [0.25, 0.3) is 0 Å². The van der Waals surface area contributed by atoms with E-state index in [1.807, 2.05) is 6.92 Å². The highest BCUT2D eigenvalue weighted by molar-refractivity contribution is 5.91. The second kappa shape index (κ2) is 6.44. The van der Waals surface area contributed by atoms with Crippen LogP contribution < -0.4 is 10.2 Å². The average molecular weight is 384 g/mol. The lowest BCUT2D eigenvalue weighted by molar-refractivity contribution is 0.0141. The molecule has 3 aliphatic heterocycles. The van der Waals surface area contributed by atoms with E-state index in [0.29, 0.717) is 24.7 Å². The normalized spacial score (nSPS) is 30.5. The number of carbonyl (C=O) groups is 1. The van der Waals surface area contributed by atoms with Gasteiger partial charge in [-0.2, -0.15) is 0 Å². The Hall–Kier alpha value is -2.68. The average Bonchev–Trinajstić information content (AvgIpc) is 3.36. The summed E-state index contributed by atoms with van der Waals surface area (Å²) in [4.78, 5) is 31.0. The Balaban J connectivity index is 1.28. The number of anilines is 1. The first kappa shape index (κ1) is 17.4. The number of carbonyl (C=O) groups excluding carboxylic acids is 1. The number of halogens is 1. The van der Waals surface area contributed by atoms with Gasteiger partial charge in [-0.1, -0.05) is 0 Å². The SMILES string of the molecule is Cc1cnc(C(=O)NC[C@H]2[C@H]3CN(c4ncc(F)cn4)C[C@]34CC[C@H]2O4)cn1. The molecule has 0 radical (unpaired) electrons. The van der Waals surface area contributed by atoms with Gasteiger partial charge in [-0.15, -0.1) is 0 Å². The molecular weight excluding hydrogens is 363 g/mol. The highest BCUT2D eigenvalue weighted by atomic mass is 19.1. The van der Waals surface area contributed by atoms with Crippen molar-refractivity contribution in [3.8, 4) is 0 Å². The molecule has 2 aromatic heterocycles. The van der Waals surface area contributed by atoms with Crippen LogP contribution >= 0.6 is 0 Å². The molecular formula is C19H21FN6O2. The van der Waals surface area contributed by atoms with Crippen molar-refractivity contribution in [1.29, 1.82) is 0 Å². The molecule has 5 rings (SSSR count). The van der Waals surface area contributed by atoms with Crippen molar-refractivity contribution in [3.63, 3.8) is 0 Å². The van der Waals surface area contributed by atoms with Gasteiger partial charge in [0.25, 0.3) is 5.91 Å². The summed E-state index contributed by atoms with van der Waals surface area (Å²) in [6.45, 7) is 3.81. The van der Waals surface area contributed by atoms with Crippen LogP contribution in [0.5, 0.6) is 0 Å². The van der Waals surface area contributed by atoms with Crippen molar-refractivity contribution >= 4 is 11.9 Å². The van der Waals surface area contributed by atoms with Crippen LogP contribution in [0.2, 0.25) is 0 Å². The molecule has 2 aromatic rings. The molecule has 1 amide bonds. The van der Waals surface area contributed by atoms with Gasteiger partial charge >= 0.3 is 0 Å². The maximum atomic E-state index is 13.1. The van der Waals surface area contributed by atoms with Gasteiger partial charge in [0.1, 0.15) is 5.69 Å². The van der Waals surface area contributed by atoms with Gasteiger partial charge in [0.2, 0.25) is 5.95 Å². The Morgan fingerprint density at radius 1 is 1.29 bits per heavy atom. The number of nitrogens with zero attached hydrogens (tertiary/aromatic N) is 5. The molecule has 146 valence electrons. The minimum atomic E-state index is -0.446. The van der Waals surface area contributed by atoms with E-state index in [1.54, 1.807) is 6.20 Å². The van der Waals surface area contributed by atoms with Gasteiger partial charge in [0.15, 0.2) is 5.82 Å². The van der Waals surface area contributed by atoms with Crippen LogP contribution in [0.4, 0.5) is 10.3 Å². The summed E-state index contributed by atoms with van der Waals surface area (Å²) < 4.78 is 19.5. The molecule has 4 atom stereocenters. The lowest BCUT2D eigenvalue weighted by atomic mass is 9.73. The van der Waals surface area contributed by atoms with E-state index in [-0.39, 0.29) is 29.4 Å². The summed E-state index contributed by atoms with van der Waals surface area (Å²) >= 11 is 0. The van der Waals surface area contributed by atoms with Gasteiger partial charge in [-0.3, -0.25) is 9.78 Å². The number of amides is 1. The zero-order valence-corrected chi connectivity index (χ0v) is 15.5. The number of ether oxygens (including phenoxy) is 1. The minimum absolute atomic E-state index is 0.158. The van der Waals surface area contributed by atoms with Crippen LogP contribution in [-0.2, 0) is 4.74 Å².